The Hall–Kier alpha value is -3.35. The van der Waals surface area contributed by atoms with Gasteiger partial charge in [0.05, 0.1) is 0 Å². The summed E-state index contributed by atoms with van der Waals surface area (Å²) in [4.78, 5) is 45.0. The van der Waals surface area contributed by atoms with Crippen molar-refractivity contribution in [3.8, 4) is 0 Å². The minimum atomic E-state index is -0.622. The van der Waals surface area contributed by atoms with Crippen LogP contribution in [0.25, 0.3) is 0 Å². The molecule has 2 aromatic carbocycles. The first-order valence-electron chi connectivity index (χ1n) is 10.2. The molecule has 30 heavy (non-hydrogen) atoms. The summed E-state index contributed by atoms with van der Waals surface area (Å²) >= 11 is 0. The first-order chi connectivity index (χ1) is 14.5. The molecular formula is C23H26N4O3. The molecule has 0 N–H and O–H groups in total. The molecule has 7 nitrogen and oxygen atoms in total. The van der Waals surface area contributed by atoms with Gasteiger partial charge in [0, 0.05) is 37.6 Å². The molecule has 156 valence electrons. The maximum absolute atomic E-state index is 12.9. The van der Waals surface area contributed by atoms with E-state index < -0.39 is 12.1 Å². The average Bonchev–Trinajstić information content (AvgIpc) is 2.98. The summed E-state index contributed by atoms with van der Waals surface area (Å²) in [7, 11) is 0. The number of nitrogens with zero attached hydrogens (tertiary/aromatic N) is 4. The number of carbonyl (C=O) groups is 3. The molecule has 2 aliphatic rings. The van der Waals surface area contributed by atoms with Crippen LogP contribution in [0, 0.1) is 6.92 Å². The summed E-state index contributed by atoms with van der Waals surface area (Å²) in [6, 6.07) is 16.5. The average molecular weight is 406 g/mol. The van der Waals surface area contributed by atoms with Crippen molar-refractivity contribution in [3.63, 3.8) is 0 Å². The highest BCUT2D eigenvalue weighted by Crippen LogP contribution is 2.26. The molecule has 0 bridgehead atoms. The van der Waals surface area contributed by atoms with Crippen molar-refractivity contribution in [3.05, 3.63) is 60.2 Å². The van der Waals surface area contributed by atoms with E-state index in [0.29, 0.717) is 18.8 Å². The fraction of sp³-hybridized carbons (Fsp3) is 0.348. The Labute approximate surface area is 176 Å². The Kier molecular flexibility index (Phi) is 5.44. The lowest BCUT2D eigenvalue weighted by Crippen LogP contribution is -2.52. The Balaban J connectivity index is 1.39. The van der Waals surface area contributed by atoms with E-state index >= 15 is 0 Å². The quantitative estimate of drug-likeness (QED) is 0.732. The van der Waals surface area contributed by atoms with Gasteiger partial charge in [-0.15, -0.1) is 0 Å². The van der Waals surface area contributed by atoms with Gasteiger partial charge in [-0.1, -0.05) is 35.9 Å². The third-order valence-corrected chi connectivity index (χ3v) is 5.81. The van der Waals surface area contributed by atoms with Gasteiger partial charge < -0.3 is 9.80 Å². The first kappa shape index (κ1) is 19.9. The third kappa shape index (κ3) is 3.75. The lowest BCUT2D eigenvalue weighted by molar-refractivity contribution is -0.137. The summed E-state index contributed by atoms with van der Waals surface area (Å²) < 4.78 is 0. The molecule has 0 spiro atoms. The first-order valence-corrected chi connectivity index (χ1v) is 10.2. The third-order valence-electron chi connectivity index (χ3n) is 5.81. The van der Waals surface area contributed by atoms with E-state index in [4.69, 9.17) is 0 Å². The molecule has 0 aliphatic carbocycles. The van der Waals surface area contributed by atoms with E-state index in [-0.39, 0.29) is 18.4 Å². The van der Waals surface area contributed by atoms with Gasteiger partial charge in [0.1, 0.15) is 12.6 Å². The van der Waals surface area contributed by atoms with E-state index in [1.54, 1.807) is 11.8 Å². The minimum Gasteiger partial charge on any atom is -0.368 e. The number of hydrogen-bond donors (Lipinski definition) is 0. The van der Waals surface area contributed by atoms with Crippen LogP contribution in [0.4, 0.5) is 16.2 Å². The number of imide groups is 1. The molecule has 1 atom stereocenters. The highest BCUT2D eigenvalue weighted by Gasteiger charge is 2.44. The highest BCUT2D eigenvalue weighted by molar-refractivity contribution is 6.15. The number of amides is 4. The lowest BCUT2D eigenvalue weighted by atomic mass is 10.2. The Morgan fingerprint density at radius 3 is 2.17 bits per heavy atom. The highest BCUT2D eigenvalue weighted by atomic mass is 16.2. The van der Waals surface area contributed by atoms with Gasteiger partial charge in [-0.05, 0) is 38.1 Å². The molecule has 2 fully saturated rings. The Morgan fingerprint density at radius 2 is 1.53 bits per heavy atom. The molecule has 0 unspecified atom stereocenters. The van der Waals surface area contributed by atoms with Crippen molar-refractivity contribution < 1.29 is 14.4 Å². The number of carbonyl (C=O) groups excluding carboxylic acids is 3. The van der Waals surface area contributed by atoms with Crippen molar-refractivity contribution in [2.24, 2.45) is 0 Å². The van der Waals surface area contributed by atoms with Gasteiger partial charge in [-0.3, -0.25) is 19.4 Å². The van der Waals surface area contributed by atoms with Gasteiger partial charge in [-0.2, -0.15) is 0 Å². The number of hydrogen-bond acceptors (Lipinski definition) is 4. The SMILES string of the molecule is Cc1ccc(N2C(=O)N(CC(=O)N3CCN(c4ccccc4)CC3)C(=O)[C@@H]2C)cc1. The van der Waals surface area contributed by atoms with Crippen molar-refractivity contribution in [2.75, 3.05) is 42.5 Å². The number of urea groups is 1. The second-order valence-corrected chi connectivity index (χ2v) is 7.79. The molecule has 4 rings (SSSR count). The van der Waals surface area contributed by atoms with Crippen LogP contribution in [-0.4, -0.2) is 66.4 Å². The molecule has 0 saturated carbocycles. The van der Waals surface area contributed by atoms with Crippen LogP contribution in [-0.2, 0) is 9.59 Å². The molecule has 2 heterocycles. The second-order valence-electron chi connectivity index (χ2n) is 7.79. The maximum atomic E-state index is 12.9. The maximum Gasteiger partial charge on any atom is 0.332 e. The Morgan fingerprint density at radius 1 is 0.900 bits per heavy atom. The van der Waals surface area contributed by atoms with E-state index in [1.165, 1.54) is 4.90 Å². The molecule has 4 amide bonds. The molecule has 2 saturated heterocycles. The van der Waals surface area contributed by atoms with Crippen molar-refractivity contribution >= 4 is 29.2 Å². The summed E-state index contributed by atoms with van der Waals surface area (Å²) in [5, 5.41) is 0. The number of rotatable bonds is 4. The monoisotopic (exact) mass is 406 g/mol. The van der Waals surface area contributed by atoms with Crippen LogP contribution in [0.1, 0.15) is 12.5 Å². The van der Waals surface area contributed by atoms with E-state index in [2.05, 4.69) is 17.0 Å². The Bertz CT molecular complexity index is 937. The zero-order valence-corrected chi connectivity index (χ0v) is 17.3. The van der Waals surface area contributed by atoms with Gasteiger partial charge in [0.2, 0.25) is 5.91 Å². The van der Waals surface area contributed by atoms with E-state index in [9.17, 15) is 14.4 Å². The van der Waals surface area contributed by atoms with Crippen LogP contribution in [0.15, 0.2) is 54.6 Å². The summed E-state index contributed by atoms with van der Waals surface area (Å²) in [6.45, 7) is 6.04. The van der Waals surface area contributed by atoms with Crippen molar-refractivity contribution in [1.29, 1.82) is 0 Å². The second kappa shape index (κ2) is 8.18. The summed E-state index contributed by atoms with van der Waals surface area (Å²) in [5.74, 6) is -0.529. The van der Waals surface area contributed by atoms with E-state index in [0.717, 1.165) is 29.2 Å². The van der Waals surface area contributed by atoms with Gasteiger partial charge in [-0.25, -0.2) is 4.79 Å². The number of piperazine rings is 1. The fourth-order valence-electron chi connectivity index (χ4n) is 4.00. The molecule has 0 aromatic heterocycles. The predicted octanol–water partition coefficient (Wildman–Crippen LogP) is 2.50. The summed E-state index contributed by atoms with van der Waals surface area (Å²) in [5.41, 5.74) is 2.88. The van der Waals surface area contributed by atoms with Crippen LogP contribution >= 0.6 is 0 Å². The van der Waals surface area contributed by atoms with E-state index in [1.807, 2.05) is 49.4 Å². The predicted molar refractivity (Wildman–Crippen MR) is 115 cm³/mol. The van der Waals surface area contributed by atoms with Gasteiger partial charge >= 0.3 is 6.03 Å². The molecule has 2 aliphatic heterocycles. The number of benzene rings is 2. The zero-order chi connectivity index (χ0) is 21.3. The topological polar surface area (TPSA) is 64.2 Å². The minimum absolute atomic E-state index is 0.192. The van der Waals surface area contributed by atoms with Crippen molar-refractivity contribution in [2.45, 2.75) is 19.9 Å². The lowest BCUT2D eigenvalue weighted by Gasteiger charge is -2.36. The van der Waals surface area contributed by atoms with Crippen LogP contribution in [0.2, 0.25) is 0 Å². The largest absolute Gasteiger partial charge is 0.368 e. The number of para-hydroxylation sites is 1. The molecule has 7 heteroatoms. The molecular weight excluding hydrogens is 380 g/mol. The zero-order valence-electron chi connectivity index (χ0n) is 17.3. The van der Waals surface area contributed by atoms with Gasteiger partial charge in [0.25, 0.3) is 5.91 Å². The van der Waals surface area contributed by atoms with Crippen molar-refractivity contribution in [1.82, 2.24) is 9.80 Å². The number of aryl methyl sites for hydroxylation is 1. The smallest absolute Gasteiger partial charge is 0.332 e. The van der Waals surface area contributed by atoms with Gasteiger partial charge in [0.15, 0.2) is 0 Å². The number of anilines is 2. The summed E-state index contributed by atoms with van der Waals surface area (Å²) in [6.07, 6.45) is 0. The van der Waals surface area contributed by atoms with Crippen LogP contribution < -0.4 is 9.80 Å². The van der Waals surface area contributed by atoms with Crippen LogP contribution in [0.3, 0.4) is 0 Å². The standard InChI is InChI=1S/C23H26N4O3/c1-17-8-10-20(11-9-17)27-18(2)22(29)26(23(27)30)16-21(28)25-14-12-24(13-15-25)19-6-4-3-5-7-19/h3-11,18H,12-16H2,1-2H3/t18-/m0/s1. The fourth-order valence-corrected chi connectivity index (χ4v) is 4.00. The normalized spacial score (nSPS) is 19.6. The molecule has 2 aromatic rings. The van der Waals surface area contributed by atoms with Crippen LogP contribution in [0.5, 0.6) is 0 Å². The molecule has 0 radical (unpaired) electrons.